The number of hydrogen-bond donors (Lipinski definition) is 16. The summed E-state index contributed by atoms with van der Waals surface area (Å²) in [6.45, 7) is -1.97. The first kappa shape index (κ1) is 57.7. The SMILES string of the molecule is NC(N)=NCCC[C@H](NC(=O)[C@H](Cc1ccccc1)NC(=O)[C@@H](N)CCC(=O)O)C(=O)N[C@@H](Cc1cnc[nH]1)C(=O)N[C@@H](CC(=O)O)C(=O)N[C@@H](CO)C(=O)NCC(=O)N[C@@H](Cc1ccc(O)cc1)C(=O)O. The molecule has 0 spiro atoms. The largest absolute Gasteiger partial charge is 0.508 e. The van der Waals surface area contributed by atoms with Gasteiger partial charge in [-0.05, 0) is 42.5 Å². The highest BCUT2D eigenvalue weighted by molar-refractivity contribution is 5.98. The molecule has 0 saturated heterocycles. The van der Waals surface area contributed by atoms with Crippen LogP contribution in [0.2, 0.25) is 0 Å². The maximum Gasteiger partial charge on any atom is 0.326 e. The lowest BCUT2D eigenvalue weighted by atomic mass is 10.0. The van der Waals surface area contributed by atoms with Gasteiger partial charge in [-0.15, -0.1) is 0 Å². The number of phenols is 1. The van der Waals surface area contributed by atoms with Crippen LogP contribution in [0.4, 0.5) is 0 Å². The first-order chi connectivity index (χ1) is 34.1. The number of rotatable bonds is 31. The van der Waals surface area contributed by atoms with Gasteiger partial charge in [0, 0.05) is 44.1 Å². The number of carboxylic acid groups (broad SMARTS) is 3. The molecule has 19 N–H and O–H groups in total. The first-order valence-electron chi connectivity index (χ1n) is 22.1. The van der Waals surface area contributed by atoms with Crippen LogP contribution in [0.25, 0.3) is 0 Å². The molecule has 7 atom stereocenters. The number of aromatic amines is 1. The molecule has 3 aromatic rings. The molecule has 3 rings (SSSR count). The quantitative estimate of drug-likeness (QED) is 0.0163. The summed E-state index contributed by atoms with van der Waals surface area (Å²) in [4.78, 5) is 140. The molecule has 1 aromatic heterocycles. The molecule has 2 aromatic carbocycles. The second kappa shape index (κ2) is 29.4. The number of aliphatic hydroxyl groups is 1. The van der Waals surface area contributed by atoms with E-state index in [2.05, 4.69) is 52.2 Å². The Hall–Kier alpha value is -8.66. The topological polar surface area (TPSA) is 475 Å². The van der Waals surface area contributed by atoms with Gasteiger partial charge in [0.15, 0.2) is 5.96 Å². The Kier molecular flexibility index (Phi) is 23.5. The molecular formula is C44H59N13O15. The highest BCUT2D eigenvalue weighted by Gasteiger charge is 2.34. The second-order valence-electron chi connectivity index (χ2n) is 16.1. The molecule has 0 aliphatic heterocycles. The van der Waals surface area contributed by atoms with Crippen molar-refractivity contribution >= 4 is 65.2 Å². The highest BCUT2D eigenvalue weighted by Crippen LogP contribution is 2.12. The minimum Gasteiger partial charge on any atom is -0.508 e. The summed E-state index contributed by atoms with van der Waals surface area (Å²) in [6, 6.07) is 2.77. The molecule has 0 aliphatic rings. The van der Waals surface area contributed by atoms with Crippen LogP contribution in [0.1, 0.15) is 48.9 Å². The summed E-state index contributed by atoms with van der Waals surface area (Å²) in [5, 5.41) is 64.1. The molecule has 0 unspecified atom stereocenters. The Morgan fingerprint density at radius 1 is 0.625 bits per heavy atom. The standard InChI is InChI=1S/C44H59N13O15/c45-27(12-13-35(61)62)37(65)54-29(15-23-5-2-1-3-6-23)40(68)53-28(7-4-14-49-44(46)47)39(67)55-30(17-25-19-48-22-51-25)41(69)56-31(18-36(63)64)42(70)57-33(21-58)38(66)50-20-34(60)52-32(43(71)72)16-24-8-10-26(59)11-9-24/h1-3,5-6,8-11,19,22,27-33,58-59H,4,7,12-18,20-21,45H2,(H,48,51)(H,50,66)(H,52,60)(H,53,68)(H,54,65)(H,55,67)(H,56,69)(H,57,70)(H,61,62)(H,63,64)(H,71,72)(H4,46,47,49)/t27-,28-,29-,30-,31-,32-,33-/m0/s1. The molecule has 72 heavy (non-hydrogen) atoms. The molecule has 7 amide bonds. The number of aliphatic carboxylic acids is 3. The lowest BCUT2D eigenvalue weighted by Crippen LogP contribution is -2.60. The van der Waals surface area contributed by atoms with Crippen LogP contribution in [-0.2, 0) is 67.2 Å². The number of carbonyl (C=O) groups is 10. The van der Waals surface area contributed by atoms with Crippen LogP contribution in [0.15, 0.2) is 72.1 Å². The monoisotopic (exact) mass is 1010 g/mol. The average molecular weight is 1010 g/mol. The average Bonchev–Trinajstić information content (AvgIpc) is 3.85. The third kappa shape index (κ3) is 20.9. The lowest BCUT2D eigenvalue weighted by Gasteiger charge is -2.27. The zero-order chi connectivity index (χ0) is 53.3. The van der Waals surface area contributed by atoms with Gasteiger partial charge >= 0.3 is 17.9 Å². The minimum atomic E-state index is -1.98. The van der Waals surface area contributed by atoms with Gasteiger partial charge in [-0.2, -0.15) is 0 Å². The number of nitrogens with two attached hydrogens (primary N) is 3. The molecule has 0 radical (unpaired) electrons. The van der Waals surface area contributed by atoms with Crippen molar-refractivity contribution in [1.82, 2.24) is 47.2 Å². The maximum atomic E-state index is 14.2. The Morgan fingerprint density at radius 3 is 1.76 bits per heavy atom. The van der Waals surface area contributed by atoms with Crippen molar-refractivity contribution in [3.63, 3.8) is 0 Å². The van der Waals surface area contributed by atoms with Crippen molar-refractivity contribution in [3.8, 4) is 5.75 Å². The number of amides is 7. The normalized spacial score (nSPS) is 13.7. The molecular weight excluding hydrogens is 951 g/mol. The maximum absolute atomic E-state index is 14.2. The van der Waals surface area contributed by atoms with Crippen LogP contribution in [-0.4, -0.2) is 163 Å². The van der Waals surface area contributed by atoms with Gasteiger partial charge in [-0.1, -0.05) is 42.5 Å². The number of aromatic nitrogens is 2. The van der Waals surface area contributed by atoms with Crippen LogP contribution >= 0.6 is 0 Å². The third-order valence-electron chi connectivity index (χ3n) is 10.4. The molecule has 1 heterocycles. The van der Waals surface area contributed by atoms with Crippen molar-refractivity contribution in [2.45, 2.75) is 93.7 Å². The summed E-state index contributed by atoms with van der Waals surface area (Å²) in [5.74, 6) is -12.0. The fourth-order valence-electron chi connectivity index (χ4n) is 6.62. The van der Waals surface area contributed by atoms with E-state index in [-0.39, 0.29) is 62.5 Å². The Labute approximate surface area is 410 Å². The number of aromatic hydroxyl groups is 1. The Bertz CT molecular complexity index is 2370. The van der Waals surface area contributed by atoms with E-state index in [1.54, 1.807) is 30.3 Å². The fraction of sp³-hybridized carbons (Fsp3) is 0.409. The van der Waals surface area contributed by atoms with Crippen molar-refractivity contribution in [1.29, 1.82) is 0 Å². The predicted octanol–water partition coefficient (Wildman–Crippen LogP) is -5.03. The van der Waals surface area contributed by atoms with E-state index in [4.69, 9.17) is 22.3 Å². The number of imidazole rings is 1. The number of phenolic OH excluding ortho intramolecular Hbond substituents is 1. The van der Waals surface area contributed by atoms with Gasteiger partial charge in [0.25, 0.3) is 0 Å². The van der Waals surface area contributed by atoms with E-state index in [1.165, 1.54) is 36.8 Å². The van der Waals surface area contributed by atoms with Crippen LogP contribution < -0.4 is 54.4 Å². The summed E-state index contributed by atoms with van der Waals surface area (Å²) in [7, 11) is 0. The van der Waals surface area contributed by atoms with Crippen molar-refractivity contribution < 1.29 is 73.5 Å². The molecule has 390 valence electrons. The molecule has 0 saturated carbocycles. The number of benzene rings is 2. The molecule has 28 heteroatoms. The number of nitrogens with zero attached hydrogens (tertiary/aromatic N) is 2. The van der Waals surface area contributed by atoms with Crippen LogP contribution in [0.3, 0.4) is 0 Å². The van der Waals surface area contributed by atoms with Crippen LogP contribution in [0.5, 0.6) is 5.75 Å². The van der Waals surface area contributed by atoms with Gasteiger partial charge in [0.2, 0.25) is 41.4 Å². The van der Waals surface area contributed by atoms with Gasteiger partial charge in [0.1, 0.15) is 42.0 Å². The molecule has 0 fully saturated rings. The number of hydrogen-bond acceptors (Lipinski definition) is 15. The number of aliphatic imine (C=N–C) groups is 1. The number of carbonyl (C=O) groups excluding carboxylic acids is 7. The van der Waals surface area contributed by atoms with Gasteiger partial charge in [-0.25, -0.2) is 9.78 Å². The van der Waals surface area contributed by atoms with Gasteiger partial charge < -0.3 is 84.9 Å². The van der Waals surface area contributed by atoms with Gasteiger partial charge in [0.05, 0.1) is 31.9 Å². The summed E-state index contributed by atoms with van der Waals surface area (Å²) in [6.07, 6.45) is -0.0349. The summed E-state index contributed by atoms with van der Waals surface area (Å²) < 4.78 is 0. The number of nitrogens with one attached hydrogen (secondary N) is 8. The number of carboxylic acids is 3. The minimum absolute atomic E-state index is 0.0258. The van der Waals surface area contributed by atoms with Crippen LogP contribution in [0, 0.1) is 0 Å². The van der Waals surface area contributed by atoms with E-state index in [9.17, 15) is 68.4 Å². The lowest BCUT2D eigenvalue weighted by molar-refractivity contribution is -0.142. The van der Waals surface area contributed by atoms with E-state index in [0.29, 0.717) is 11.1 Å². The zero-order valence-corrected chi connectivity index (χ0v) is 38.6. The number of guanidine groups is 1. The Balaban J connectivity index is 1.81. The van der Waals surface area contributed by atoms with E-state index < -0.39 is 128 Å². The molecule has 0 aliphatic carbocycles. The van der Waals surface area contributed by atoms with Crippen molar-refractivity contribution in [2.24, 2.45) is 22.2 Å². The number of aliphatic hydroxyl groups excluding tert-OH is 1. The smallest absolute Gasteiger partial charge is 0.326 e. The highest BCUT2D eigenvalue weighted by atomic mass is 16.4. The van der Waals surface area contributed by atoms with Gasteiger partial charge in [-0.3, -0.25) is 48.1 Å². The van der Waals surface area contributed by atoms with Crippen molar-refractivity contribution in [2.75, 3.05) is 19.7 Å². The third-order valence-corrected chi connectivity index (χ3v) is 10.4. The summed E-state index contributed by atoms with van der Waals surface area (Å²) >= 11 is 0. The zero-order valence-electron chi connectivity index (χ0n) is 38.6. The number of H-pyrrole nitrogens is 1. The van der Waals surface area contributed by atoms with Crippen molar-refractivity contribution in [3.05, 3.63) is 83.9 Å². The van der Waals surface area contributed by atoms with E-state index >= 15 is 0 Å². The molecule has 28 nitrogen and oxygen atoms in total. The Morgan fingerprint density at radius 2 is 1.18 bits per heavy atom. The molecule has 0 bridgehead atoms. The fourth-order valence-corrected chi connectivity index (χ4v) is 6.62. The first-order valence-corrected chi connectivity index (χ1v) is 22.1. The summed E-state index contributed by atoms with van der Waals surface area (Å²) in [5.41, 5.74) is 18.1. The predicted molar refractivity (Wildman–Crippen MR) is 251 cm³/mol. The van der Waals surface area contributed by atoms with E-state index in [1.807, 2.05) is 0 Å². The van der Waals surface area contributed by atoms with E-state index in [0.717, 1.165) is 0 Å². The second-order valence-corrected chi connectivity index (χ2v) is 16.1.